The van der Waals surface area contributed by atoms with Crippen molar-refractivity contribution in [3.05, 3.63) is 58.1 Å². The fourth-order valence-corrected chi connectivity index (χ4v) is 3.01. The second-order valence-corrected chi connectivity index (χ2v) is 6.85. The average molecular weight is 305 g/mol. The van der Waals surface area contributed by atoms with Crippen molar-refractivity contribution >= 4 is 10.9 Å². The van der Waals surface area contributed by atoms with E-state index in [1.54, 1.807) is 12.3 Å². The van der Waals surface area contributed by atoms with Crippen molar-refractivity contribution in [2.24, 2.45) is 7.05 Å². The van der Waals surface area contributed by atoms with Gasteiger partial charge in [-0.05, 0) is 40.8 Å². The maximum absolute atomic E-state index is 12.2. The van der Waals surface area contributed by atoms with Gasteiger partial charge < -0.3 is 9.55 Å². The summed E-state index contributed by atoms with van der Waals surface area (Å²) < 4.78 is 1.99. The van der Waals surface area contributed by atoms with Gasteiger partial charge in [0, 0.05) is 30.4 Å². The Bertz CT molecular complexity index is 994. The third kappa shape index (κ3) is 2.44. The molecule has 23 heavy (non-hydrogen) atoms. The molecule has 0 unspecified atom stereocenters. The summed E-state index contributed by atoms with van der Waals surface area (Å²) >= 11 is 0. The average Bonchev–Trinajstić information content (AvgIpc) is 2.82. The molecule has 1 N–H and O–H groups in total. The van der Waals surface area contributed by atoms with Crippen molar-refractivity contribution in [3.63, 3.8) is 0 Å². The van der Waals surface area contributed by atoms with Crippen LogP contribution in [0.2, 0.25) is 0 Å². The van der Waals surface area contributed by atoms with Crippen LogP contribution in [0.5, 0.6) is 0 Å². The monoisotopic (exact) mass is 305 g/mol. The molecule has 0 atom stereocenters. The van der Waals surface area contributed by atoms with Gasteiger partial charge in [0.25, 0.3) is 5.56 Å². The van der Waals surface area contributed by atoms with E-state index in [1.165, 1.54) is 0 Å². The molecular weight excluding hydrogens is 286 g/mol. The molecule has 4 nitrogen and oxygen atoms in total. The Morgan fingerprint density at radius 1 is 1.26 bits per heavy atom. The smallest absolute Gasteiger partial charge is 0.255 e. The molecule has 0 aliphatic carbocycles. The Morgan fingerprint density at radius 3 is 2.61 bits per heavy atom. The lowest BCUT2D eigenvalue weighted by Crippen LogP contribution is -2.14. The van der Waals surface area contributed by atoms with Gasteiger partial charge in [0.2, 0.25) is 0 Å². The molecule has 0 radical (unpaired) electrons. The van der Waals surface area contributed by atoms with Gasteiger partial charge in [-0.1, -0.05) is 20.8 Å². The van der Waals surface area contributed by atoms with Crippen LogP contribution in [-0.2, 0) is 12.5 Å². The zero-order valence-electron chi connectivity index (χ0n) is 13.8. The minimum absolute atomic E-state index is 0.103. The van der Waals surface area contributed by atoms with Crippen LogP contribution in [0.3, 0.4) is 0 Å². The summed E-state index contributed by atoms with van der Waals surface area (Å²) in [6.07, 6.45) is 3.47. The third-order valence-corrected chi connectivity index (χ3v) is 4.13. The lowest BCUT2D eigenvalue weighted by molar-refractivity contribution is 0.593. The number of H-pyrrole nitrogens is 1. The van der Waals surface area contributed by atoms with E-state index in [9.17, 15) is 10.1 Å². The van der Waals surface area contributed by atoms with Gasteiger partial charge in [-0.3, -0.25) is 4.79 Å². The number of hydrogen-bond acceptors (Lipinski definition) is 2. The SMILES string of the molecule is Cn1cc(C#N)c2cc(-c3ccc[nH]c3=O)cc(C(C)(C)C)c21. The first-order valence-electron chi connectivity index (χ1n) is 7.54. The molecule has 0 aliphatic heterocycles. The first-order valence-corrected chi connectivity index (χ1v) is 7.54. The van der Waals surface area contributed by atoms with Crippen molar-refractivity contribution in [2.75, 3.05) is 0 Å². The van der Waals surface area contributed by atoms with Crippen LogP contribution in [0.1, 0.15) is 31.9 Å². The Labute approximate surface area is 135 Å². The predicted molar refractivity (Wildman–Crippen MR) is 92.4 cm³/mol. The van der Waals surface area contributed by atoms with Crippen LogP contribution in [0.4, 0.5) is 0 Å². The molecule has 0 amide bonds. The molecule has 0 saturated carbocycles. The second kappa shape index (κ2) is 5.13. The molecule has 0 bridgehead atoms. The maximum atomic E-state index is 12.2. The fourth-order valence-electron chi connectivity index (χ4n) is 3.01. The Morgan fingerprint density at radius 2 is 2.00 bits per heavy atom. The standard InChI is InChI=1S/C19H19N3O/c1-19(2,3)16-9-12(14-6-5-7-21-18(14)23)8-15-13(10-20)11-22(4)17(15)16/h5-9,11H,1-4H3,(H,21,23). The van der Waals surface area contributed by atoms with Crippen molar-refractivity contribution in [1.29, 1.82) is 5.26 Å². The summed E-state index contributed by atoms with van der Waals surface area (Å²) in [5.41, 5.74) is 4.03. The topological polar surface area (TPSA) is 61.6 Å². The number of pyridine rings is 1. The maximum Gasteiger partial charge on any atom is 0.255 e. The van der Waals surface area contributed by atoms with Gasteiger partial charge in [-0.15, -0.1) is 0 Å². The highest BCUT2D eigenvalue weighted by molar-refractivity contribution is 5.93. The lowest BCUT2D eigenvalue weighted by atomic mass is 9.83. The zero-order chi connectivity index (χ0) is 16.8. The van der Waals surface area contributed by atoms with Gasteiger partial charge in [-0.2, -0.15) is 5.26 Å². The first kappa shape index (κ1) is 15.1. The molecule has 4 heteroatoms. The summed E-state index contributed by atoms with van der Waals surface area (Å²) in [6.45, 7) is 6.42. The van der Waals surface area contributed by atoms with Crippen LogP contribution in [0, 0.1) is 11.3 Å². The fraction of sp³-hybridized carbons (Fsp3) is 0.263. The van der Waals surface area contributed by atoms with Gasteiger partial charge in [-0.25, -0.2) is 0 Å². The van der Waals surface area contributed by atoms with E-state index < -0.39 is 0 Å². The summed E-state index contributed by atoms with van der Waals surface area (Å²) in [5, 5.41) is 10.3. The molecular formula is C19H19N3O. The van der Waals surface area contributed by atoms with E-state index in [2.05, 4.69) is 37.9 Å². The molecule has 0 saturated heterocycles. The van der Waals surface area contributed by atoms with Crippen LogP contribution < -0.4 is 5.56 Å². The third-order valence-electron chi connectivity index (χ3n) is 4.13. The van der Waals surface area contributed by atoms with Gasteiger partial charge in [0.15, 0.2) is 0 Å². The van der Waals surface area contributed by atoms with Gasteiger partial charge >= 0.3 is 0 Å². The Kier molecular flexibility index (Phi) is 3.37. The largest absolute Gasteiger partial charge is 0.349 e. The Balaban J connectivity index is 2.46. The number of aryl methyl sites for hydroxylation is 1. The van der Waals surface area contributed by atoms with Crippen molar-refractivity contribution in [1.82, 2.24) is 9.55 Å². The predicted octanol–water partition coefficient (Wildman–Crippen LogP) is 3.70. The number of nitrogens with one attached hydrogen (secondary N) is 1. The highest BCUT2D eigenvalue weighted by Gasteiger charge is 2.22. The first-order chi connectivity index (χ1) is 10.8. The van der Waals surface area contributed by atoms with E-state index in [-0.39, 0.29) is 11.0 Å². The van der Waals surface area contributed by atoms with Crippen molar-refractivity contribution in [2.45, 2.75) is 26.2 Å². The van der Waals surface area contributed by atoms with Crippen molar-refractivity contribution < 1.29 is 0 Å². The quantitative estimate of drug-likeness (QED) is 0.745. The summed E-state index contributed by atoms with van der Waals surface area (Å²) in [4.78, 5) is 14.9. The molecule has 0 fully saturated rings. The van der Waals surface area contributed by atoms with Gasteiger partial charge in [0.1, 0.15) is 6.07 Å². The minimum atomic E-state index is -0.124. The number of aromatic amines is 1. The molecule has 3 aromatic rings. The summed E-state index contributed by atoms with van der Waals surface area (Å²) in [6, 6.07) is 9.88. The number of nitriles is 1. The molecule has 0 aliphatic rings. The number of hydrogen-bond donors (Lipinski definition) is 1. The zero-order valence-corrected chi connectivity index (χ0v) is 13.8. The van der Waals surface area contributed by atoms with Crippen LogP contribution in [0.15, 0.2) is 41.5 Å². The molecule has 2 aromatic heterocycles. The molecule has 1 aromatic carbocycles. The molecule has 3 rings (SSSR count). The number of aromatic nitrogens is 2. The summed E-state index contributed by atoms with van der Waals surface area (Å²) in [5.74, 6) is 0. The molecule has 116 valence electrons. The van der Waals surface area contributed by atoms with E-state index in [4.69, 9.17) is 0 Å². The number of benzene rings is 1. The summed E-state index contributed by atoms with van der Waals surface area (Å²) in [7, 11) is 1.95. The highest BCUT2D eigenvalue weighted by Crippen LogP contribution is 2.35. The van der Waals surface area contributed by atoms with E-state index >= 15 is 0 Å². The van der Waals surface area contributed by atoms with Gasteiger partial charge in [0.05, 0.1) is 11.1 Å². The highest BCUT2D eigenvalue weighted by atomic mass is 16.1. The van der Waals surface area contributed by atoms with Crippen LogP contribution in [-0.4, -0.2) is 9.55 Å². The van der Waals surface area contributed by atoms with Crippen molar-refractivity contribution in [3.8, 4) is 17.2 Å². The van der Waals surface area contributed by atoms with E-state index in [1.807, 2.05) is 29.9 Å². The lowest BCUT2D eigenvalue weighted by Gasteiger charge is -2.22. The van der Waals surface area contributed by atoms with Crippen LogP contribution in [0.25, 0.3) is 22.0 Å². The number of nitrogens with zero attached hydrogens (tertiary/aromatic N) is 2. The number of rotatable bonds is 1. The normalized spacial score (nSPS) is 11.6. The molecule has 2 heterocycles. The molecule has 0 spiro atoms. The van der Waals surface area contributed by atoms with E-state index in [0.29, 0.717) is 11.1 Å². The minimum Gasteiger partial charge on any atom is -0.349 e. The Hall–Kier alpha value is -2.80. The number of fused-ring (bicyclic) bond motifs is 1. The van der Waals surface area contributed by atoms with Crippen LogP contribution >= 0.6 is 0 Å². The van der Waals surface area contributed by atoms with E-state index in [0.717, 1.165) is 22.0 Å². The second-order valence-electron chi connectivity index (χ2n) is 6.85.